The van der Waals surface area contributed by atoms with E-state index in [0.29, 0.717) is 44.1 Å². The molecule has 2 aliphatic rings. The smallest absolute Gasteiger partial charge is 0.228 e. The molecule has 2 atom stereocenters. The molecule has 7 nitrogen and oxygen atoms in total. The molecule has 2 aliphatic heterocycles. The predicted molar refractivity (Wildman–Crippen MR) is 115 cm³/mol. The number of hydrogen-bond donors (Lipinski definition) is 1. The van der Waals surface area contributed by atoms with Gasteiger partial charge in [-0.15, -0.1) is 0 Å². The zero-order valence-corrected chi connectivity index (χ0v) is 18.4. The van der Waals surface area contributed by atoms with Crippen molar-refractivity contribution in [3.05, 3.63) is 24.3 Å². The summed E-state index contributed by atoms with van der Waals surface area (Å²) in [4.78, 5) is 41.5. The summed E-state index contributed by atoms with van der Waals surface area (Å²) < 4.78 is 5.24. The fourth-order valence-corrected chi connectivity index (χ4v) is 4.03. The molecule has 0 radical (unpaired) electrons. The second-order valence-corrected chi connectivity index (χ2v) is 8.75. The van der Waals surface area contributed by atoms with Crippen LogP contribution in [0.1, 0.15) is 40.0 Å². The van der Waals surface area contributed by atoms with E-state index in [-0.39, 0.29) is 42.0 Å². The van der Waals surface area contributed by atoms with E-state index in [0.717, 1.165) is 5.69 Å². The first-order valence-electron chi connectivity index (χ1n) is 10.8. The van der Waals surface area contributed by atoms with Gasteiger partial charge in [0.05, 0.1) is 13.0 Å². The number of benzene rings is 1. The first-order chi connectivity index (χ1) is 14.3. The zero-order valence-electron chi connectivity index (χ0n) is 18.4. The number of hydrogen-bond acceptors (Lipinski definition) is 4. The summed E-state index contributed by atoms with van der Waals surface area (Å²) in [7, 11) is 1.59. The van der Waals surface area contributed by atoms with Gasteiger partial charge in [0.25, 0.3) is 0 Å². The minimum atomic E-state index is -0.338. The minimum Gasteiger partial charge on any atom is -0.497 e. The maximum absolute atomic E-state index is 13.0. The molecular formula is C23H33N3O4. The largest absolute Gasteiger partial charge is 0.497 e. The molecule has 2 heterocycles. The number of methoxy groups -OCH3 is 1. The van der Waals surface area contributed by atoms with E-state index in [4.69, 9.17) is 4.74 Å². The van der Waals surface area contributed by atoms with E-state index in [1.807, 2.05) is 36.1 Å². The number of nitrogens with one attached hydrogen (secondary N) is 1. The Bertz CT molecular complexity index is 786. The lowest BCUT2D eigenvalue weighted by Gasteiger charge is -2.33. The van der Waals surface area contributed by atoms with Crippen molar-refractivity contribution < 1.29 is 19.1 Å². The van der Waals surface area contributed by atoms with Crippen LogP contribution in [0.25, 0.3) is 0 Å². The van der Waals surface area contributed by atoms with Crippen molar-refractivity contribution in [1.29, 1.82) is 0 Å². The summed E-state index contributed by atoms with van der Waals surface area (Å²) in [5, 5.41) is 3.08. The Balaban J connectivity index is 1.54. The Morgan fingerprint density at radius 2 is 1.83 bits per heavy atom. The van der Waals surface area contributed by atoms with Gasteiger partial charge in [0.15, 0.2) is 0 Å². The maximum atomic E-state index is 13.0. The van der Waals surface area contributed by atoms with Crippen LogP contribution in [0.3, 0.4) is 0 Å². The van der Waals surface area contributed by atoms with E-state index >= 15 is 0 Å². The van der Waals surface area contributed by atoms with Crippen LogP contribution in [0.4, 0.5) is 5.69 Å². The van der Waals surface area contributed by atoms with Crippen molar-refractivity contribution in [1.82, 2.24) is 10.2 Å². The first-order valence-corrected chi connectivity index (χ1v) is 10.8. The molecular weight excluding hydrogens is 382 g/mol. The van der Waals surface area contributed by atoms with Gasteiger partial charge in [-0.3, -0.25) is 14.4 Å². The third-order valence-corrected chi connectivity index (χ3v) is 6.39. The topological polar surface area (TPSA) is 79.0 Å². The van der Waals surface area contributed by atoms with Crippen LogP contribution < -0.4 is 15.0 Å². The van der Waals surface area contributed by atoms with Gasteiger partial charge in [-0.1, -0.05) is 19.9 Å². The van der Waals surface area contributed by atoms with Gasteiger partial charge in [0.2, 0.25) is 17.7 Å². The minimum absolute atomic E-state index is 0.0168. The average molecular weight is 416 g/mol. The molecule has 2 unspecified atom stereocenters. The monoisotopic (exact) mass is 415 g/mol. The van der Waals surface area contributed by atoms with E-state index in [2.05, 4.69) is 19.2 Å². The van der Waals surface area contributed by atoms with Crippen LogP contribution in [-0.2, 0) is 14.4 Å². The second-order valence-electron chi connectivity index (χ2n) is 8.75. The molecule has 0 aromatic heterocycles. The fraction of sp³-hybridized carbons (Fsp3) is 0.609. The van der Waals surface area contributed by atoms with Gasteiger partial charge in [0.1, 0.15) is 5.75 Å². The summed E-state index contributed by atoms with van der Waals surface area (Å²) >= 11 is 0. The van der Waals surface area contributed by atoms with Crippen molar-refractivity contribution in [2.75, 3.05) is 31.6 Å². The number of piperidine rings is 1. The zero-order chi connectivity index (χ0) is 21.8. The van der Waals surface area contributed by atoms with Crippen LogP contribution >= 0.6 is 0 Å². The Labute approximate surface area is 178 Å². The van der Waals surface area contributed by atoms with Gasteiger partial charge in [-0.2, -0.15) is 0 Å². The van der Waals surface area contributed by atoms with E-state index < -0.39 is 0 Å². The van der Waals surface area contributed by atoms with Crippen molar-refractivity contribution in [3.8, 4) is 5.75 Å². The van der Waals surface area contributed by atoms with Gasteiger partial charge in [-0.25, -0.2) is 0 Å². The Hall–Kier alpha value is -2.57. The van der Waals surface area contributed by atoms with Crippen LogP contribution in [0.2, 0.25) is 0 Å². The fourth-order valence-electron chi connectivity index (χ4n) is 4.03. The second kappa shape index (κ2) is 9.49. The van der Waals surface area contributed by atoms with Gasteiger partial charge < -0.3 is 19.9 Å². The quantitative estimate of drug-likeness (QED) is 0.774. The number of nitrogens with zero attached hydrogens (tertiary/aromatic N) is 2. The van der Waals surface area contributed by atoms with Crippen molar-refractivity contribution in [2.45, 2.75) is 46.1 Å². The Kier molecular flexibility index (Phi) is 7.00. The summed E-state index contributed by atoms with van der Waals surface area (Å²) in [5.74, 6) is 0.749. The van der Waals surface area contributed by atoms with Crippen LogP contribution in [0.5, 0.6) is 5.75 Å². The Morgan fingerprint density at radius 3 is 2.47 bits per heavy atom. The van der Waals surface area contributed by atoms with E-state index in [9.17, 15) is 14.4 Å². The van der Waals surface area contributed by atoms with Gasteiger partial charge >= 0.3 is 0 Å². The highest BCUT2D eigenvalue weighted by molar-refractivity contribution is 6.00. The number of carbonyl (C=O) groups is 3. The summed E-state index contributed by atoms with van der Waals surface area (Å²) in [6.45, 7) is 7.71. The molecule has 0 spiro atoms. The molecule has 1 aromatic carbocycles. The third-order valence-electron chi connectivity index (χ3n) is 6.39. The highest BCUT2D eigenvalue weighted by atomic mass is 16.5. The number of rotatable bonds is 6. The molecule has 2 saturated heterocycles. The number of carbonyl (C=O) groups excluding carboxylic acids is 3. The predicted octanol–water partition coefficient (Wildman–Crippen LogP) is 2.45. The van der Waals surface area contributed by atoms with Crippen LogP contribution in [-0.4, -0.2) is 55.4 Å². The van der Waals surface area contributed by atoms with Crippen molar-refractivity contribution in [3.63, 3.8) is 0 Å². The highest BCUT2D eigenvalue weighted by Gasteiger charge is 2.38. The molecule has 0 saturated carbocycles. The SMILES string of the molecule is COc1cccc(N2CC(C(=O)N3CCC(C(=O)NC(C)C(C)C)CC3)CC2=O)c1. The third kappa shape index (κ3) is 4.94. The summed E-state index contributed by atoms with van der Waals surface area (Å²) in [5.41, 5.74) is 0.754. The lowest BCUT2D eigenvalue weighted by molar-refractivity contribution is -0.139. The standard InChI is InChI=1S/C23H33N3O4/c1-15(2)16(3)24-22(28)17-8-10-25(11-9-17)23(29)18-12-21(27)26(14-18)19-6-5-7-20(13-19)30-4/h5-7,13,15-18H,8-12,14H2,1-4H3,(H,24,28). The normalized spacial score (nSPS) is 21.1. The number of amides is 3. The van der Waals surface area contributed by atoms with Crippen molar-refractivity contribution >= 4 is 23.4 Å². The Morgan fingerprint density at radius 1 is 1.13 bits per heavy atom. The molecule has 0 bridgehead atoms. The first kappa shape index (κ1) is 22.1. The average Bonchev–Trinajstić information content (AvgIpc) is 3.14. The molecule has 1 N–H and O–H groups in total. The maximum Gasteiger partial charge on any atom is 0.228 e. The lowest BCUT2D eigenvalue weighted by Crippen LogP contribution is -2.47. The van der Waals surface area contributed by atoms with Crippen LogP contribution in [0.15, 0.2) is 24.3 Å². The molecule has 7 heteroatoms. The lowest BCUT2D eigenvalue weighted by atomic mass is 9.93. The number of likely N-dealkylation sites (tertiary alicyclic amines) is 1. The van der Waals surface area contributed by atoms with E-state index in [1.54, 1.807) is 12.0 Å². The summed E-state index contributed by atoms with van der Waals surface area (Å²) in [6, 6.07) is 7.48. The molecule has 30 heavy (non-hydrogen) atoms. The van der Waals surface area contributed by atoms with Gasteiger partial charge in [-0.05, 0) is 37.8 Å². The highest BCUT2D eigenvalue weighted by Crippen LogP contribution is 2.30. The molecule has 2 fully saturated rings. The number of anilines is 1. The molecule has 3 rings (SSSR count). The molecule has 1 aromatic rings. The van der Waals surface area contributed by atoms with Gasteiger partial charge in [0, 0.05) is 49.8 Å². The molecule has 164 valence electrons. The van der Waals surface area contributed by atoms with Crippen molar-refractivity contribution in [2.24, 2.45) is 17.8 Å². The molecule has 0 aliphatic carbocycles. The summed E-state index contributed by atoms with van der Waals surface area (Å²) in [6.07, 6.45) is 1.56. The van der Waals surface area contributed by atoms with Crippen LogP contribution in [0, 0.1) is 17.8 Å². The van der Waals surface area contributed by atoms with E-state index in [1.165, 1.54) is 0 Å². The number of ether oxygens (including phenoxy) is 1. The molecule has 3 amide bonds.